The number of likely N-dealkylation sites (tertiary alicyclic amines) is 1. The molecule has 0 aromatic rings. The molecule has 0 aromatic heterocycles. The van der Waals surface area contributed by atoms with Gasteiger partial charge in [0.2, 0.25) is 0 Å². The Hall–Kier alpha value is -1.54. The van der Waals surface area contributed by atoms with Crippen LogP contribution < -0.4 is 10.6 Å². The highest BCUT2D eigenvalue weighted by molar-refractivity contribution is 5.80. The highest BCUT2D eigenvalue weighted by Gasteiger charge is 2.25. The van der Waals surface area contributed by atoms with Crippen LogP contribution in [0.2, 0.25) is 0 Å². The summed E-state index contributed by atoms with van der Waals surface area (Å²) in [5, 5.41) is 6.96. The van der Waals surface area contributed by atoms with Crippen LogP contribution in [0.25, 0.3) is 0 Å². The zero-order valence-electron chi connectivity index (χ0n) is 18.8. The molecule has 1 unspecified atom stereocenters. The number of guanidine groups is 1. The number of piperidine rings is 1. The van der Waals surface area contributed by atoms with Crippen LogP contribution in [0.5, 0.6) is 0 Å². The topological polar surface area (TPSA) is 78.4 Å². The molecule has 0 saturated carbocycles. The first-order valence-electron chi connectivity index (χ1n) is 11.3. The van der Waals surface area contributed by atoms with E-state index in [2.05, 4.69) is 36.3 Å². The number of ether oxygens (including phenoxy) is 2. The van der Waals surface area contributed by atoms with Gasteiger partial charge in [-0.25, -0.2) is 4.79 Å². The van der Waals surface area contributed by atoms with Crippen LogP contribution in [-0.2, 0) is 9.47 Å². The lowest BCUT2D eigenvalue weighted by atomic mass is 10.0. The van der Waals surface area contributed by atoms with E-state index in [1.165, 1.54) is 0 Å². The van der Waals surface area contributed by atoms with Crippen molar-refractivity contribution in [2.24, 2.45) is 10.9 Å². The second-order valence-electron chi connectivity index (χ2n) is 8.26. The minimum absolute atomic E-state index is 0.200. The first kappa shape index (κ1) is 23.7. The molecule has 0 bridgehead atoms. The Bertz CT molecular complexity index is 501. The molecule has 8 heteroatoms. The number of amides is 1. The van der Waals surface area contributed by atoms with Gasteiger partial charge in [0.15, 0.2) is 5.96 Å². The van der Waals surface area contributed by atoms with Crippen molar-refractivity contribution < 1.29 is 14.3 Å². The number of aliphatic imine (C=N–C) groups is 1. The Morgan fingerprint density at radius 2 is 1.86 bits per heavy atom. The monoisotopic (exact) mass is 411 g/mol. The lowest BCUT2D eigenvalue weighted by Crippen LogP contribution is -2.50. The van der Waals surface area contributed by atoms with E-state index in [0.717, 1.165) is 77.7 Å². The molecule has 29 heavy (non-hydrogen) atoms. The molecule has 0 radical (unpaired) electrons. The third kappa shape index (κ3) is 8.38. The van der Waals surface area contributed by atoms with Crippen molar-refractivity contribution in [2.75, 3.05) is 59.1 Å². The van der Waals surface area contributed by atoms with Crippen molar-refractivity contribution in [1.29, 1.82) is 0 Å². The van der Waals surface area contributed by atoms with E-state index in [4.69, 9.17) is 14.5 Å². The van der Waals surface area contributed by atoms with E-state index in [1.807, 2.05) is 6.92 Å². The highest BCUT2D eigenvalue weighted by atomic mass is 16.6. The van der Waals surface area contributed by atoms with E-state index in [0.29, 0.717) is 24.6 Å². The molecule has 2 saturated heterocycles. The van der Waals surface area contributed by atoms with Gasteiger partial charge in [-0.05, 0) is 39.0 Å². The van der Waals surface area contributed by atoms with Gasteiger partial charge in [0, 0.05) is 44.8 Å². The number of carbonyl (C=O) groups is 1. The van der Waals surface area contributed by atoms with Crippen molar-refractivity contribution in [3.8, 4) is 0 Å². The fourth-order valence-electron chi connectivity index (χ4n) is 3.96. The SMILES string of the molecule is CCNC(=NCC(CC(C)C)N1CCOCC1)NC1CCN(C(=O)OCC)CC1. The summed E-state index contributed by atoms with van der Waals surface area (Å²) in [6.45, 7) is 15.6. The average molecular weight is 412 g/mol. The highest BCUT2D eigenvalue weighted by Crippen LogP contribution is 2.15. The predicted molar refractivity (Wildman–Crippen MR) is 116 cm³/mol. The zero-order chi connectivity index (χ0) is 21.1. The normalized spacial score (nSPS) is 20.6. The van der Waals surface area contributed by atoms with Crippen LogP contribution >= 0.6 is 0 Å². The molecule has 1 atom stereocenters. The van der Waals surface area contributed by atoms with E-state index >= 15 is 0 Å². The predicted octanol–water partition coefficient (Wildman–Crippen LogP) is 1.91. The zero-order valence-corrected chi connectivity index (χ0v) is 18.8. The number of carbonyl (C=O) groups excluding carboxylic acids is 1. The molecule has 8 nitrogen and oxygen atoms in total. The van der Waals surface area contributed by atoms with Crippen molar-refractivity contribution >= 4 is 12.1 Å². The summed E-state index contributed by atoms with van der Waals surface area (Å²) >= 11 is 0. The minimum Gasteiger partial charge on any atom is -0.450 e. The average Bonchev–Trinajstić information content (AvgIpc) is 2.72. The smallest absolute Gasteiger partial charge is 0.409 e. The molecular formula is C21H41N5O3. The molecule has 168 valence electrons. The number of hydrogen-bond donors (Lipinski definition) is 2. The first-order chi connectivity index (χ1) is 14.0. The molecule has 2 aliphatic rings. The lowest BCUT2D eigenvalue weighted by Gasteiger charge is -2.35. The molecule has 0 aromatic carbocycles. The lowest BCUT2D eigenvalue weighted by molar-refractivity contribution is 0.0143. The van der Waals surface area contributed by atoms with Crippen LogP contribution in [-0.4, -0.2) is 93.0 Å². The minimum atomic E-state index is -0.200. The van der Waals surface area contributed by atoms with Crippen LogP contribution in [0.4, 0.5) is 4.79 Å². The summed E-state index contributed by atoms with van der Waals surface area (Å²) in [5.74, 6) is 1.52. The second-order valence-corrected chi connectivity index (χ2v) is 8.26. The van der Waals surface area contributed by atoms with Crippen LogP contribution in [0.3, 0.4) is 0 Å². The van der Waals surface area contributed by atoms with Gasteiger partial charge in [-0.15, -0.1) is 0 Å². The fraction of sp³-hybridized carbons (Fsp3) is 0.905. The number of nitrogens with one attached hydrogen (secondary N) is 2. The van der Waals surface area contributed by atoms with Crippen molar-refractivity contribution in [3.63, 3.8) is 0 Å². The van der Waals surface area contributed by atoms with Gasteiger partial charge in [0.25, 0.3) is 0 Å². The number of hydrogen-bond acceptors (Lipinski definition) is 5. The summed E-state index contributed by atoms with van der Waals surface area (Å²) in [5.41, 5.74) is 0. The number of morpholine rings is 1. The molecular weight excluding hydrogens is 370 g/mol. The number of nitrogens with zero attached hydrogens (tertiary/aromatic N) is 3. The van der Waals surface area contributed by atoms with Gasteiger partial charge in [-0.3, -0.25) is 9.89 Å². The van der Waals surface area contributed by atoms with E-state index < -0.39 is 0 Å². The van der Waals surface area contributed by atoms with Crippen LogP contribution in [0, 0.1) is 5.92 Å². The summed E-state index contributed by atoms with van der Waals surface area (Å²) in [4.78, 5) is 21.1. The Balaban J connectivity index is 1.89. The molecule has 2 N–H and O–H groups in total. The van der Waals surface area contributed by atoms with Crippen molar-refractivity contribution in [2.45, 2.75) is 59.0 Å². The molecule has 0 aliphatic carbocycles. The first-order valence-corrected chi connectivity index (χ1v) is 11.3. The number of rotatable bonds is 8. The summed E-state index contributed by atoms with van der Waals surface area (Å²) < 4.78 is 10.6. The van der Waals surface area contributed by atoms with Gasteiger partial charge in [-0.1, -0.05) is 13.8 Å². The maximum Gasteiger partial charge on any atom is 0.409 e. The summed E-state index contributed by atoms with van der Waals surface area (Å²) in [7, 11) is 0. The van der Waals surface area contributed by atoms with Crippen LogP contribution in [0.1, 0.15) is 47.0 Å². The van der Waals surface area contributed by atoms with Gasteiger partial charge >= 0.3 is 6.09 Å². The largest absolute Gasteiger partial charge is 0.450 e. The third-order valence-electron chi connectivity index (χ3n) is 5.47. The van der Waals surface area contributed by atoms with E-state index in [1.54, 1.807) is 4.90 Å². The van der Waals surface area contributed by atoms with Crippen molar-refractivity contribution in [3.05, 3.63) is 0 Å². The quantitative estimate of drug-likeness (QED) is 0.469. The van der Waals surface area contributed by atoms with Crippen molar-refractivity contribution in [1.82, 2.24) is 20.4 Å². The maximum atomic E-state index is 11.9. The van der Waals surface area contributed by atoms with Gasteiger partial charge < -0.3 is 25.0 Å². The molecule has 2 rings (SSSR count). The Morgan fingerprint density at radius 1 is 1.17 bits per heavy atom. The van der Waals surface area contributed by atoms with Crippen LogP contribution in [0.15, 0.2) is 4.99 Å². The Kier molecular flexibility index (Phi) is 10.6. The fourth-order valence-corrected chi connectivity index (χ4v) is 3.96. The second kappa shape index (κ2) is 12.9. The van der Waals surface area contributed by atoms with Gasteiger partial charge in [0.1, 0.15) is 0 Å². The van der Waals surface area contributed by atoms with Gasteiger partial charge in [-0.2, -0.15) is 0 Å². The Labute approximate surface area is 176 Å². The molecule has 0 spiro atoms. The van der Waals surface area contributed by atoms with Gasteiger partial charge in [0.05, 0.1) is 26.4 Å². The molecule has 2 heterocycles. The third-order valence-corrected chi connectivity index (χ3v) is 5.47. The summed E-state index contributed by atoms with van der Waals surface area (Å²) in [6, 6.07) is 0.769. The van der Waals surface area contributed by atoms with E-state index in [9.17, 15) is 4.79 Å². The molecule has 1 amide bonds. The molecule has 2 fully saturated rings. The maximum absolute atomic E-state index is 11.9. The standard InChI is InChI=1S/C21H41N5O3/c1-5-22-20(24-18-7-9-26(10-8-18)21(27)29-6-2)23-16-19(15-17(3)4)25-11-13-28-14-12-25/h17-19H,5-16H2,1-4H3,(H2,22,23,24). The molecule has 2 aliphatic heterocycles. The Morgan fingerprint density at radius 3 is 2.45 bits per heavy atom. The summed E-state index contributed by atoms with van der Waals surface area (Å²) in [6.07, 6.45) is 2.75. The van der Waals surface area contributed by atoms with E-state index in [-0.39, 0.29) is 6.09 Å².